The van der Waals surface area contributed by atoms with Crippen LogP contribution in [0.1, 0.15) is 38.5 Å². The maximum absolute atomic E-state index is 13.4. The molecule has 0 aliphatic rings. The minimum atomic E-state index is -0.491. The molecule has 3 aromatic rings. The number of halogens is 2. The Labute approximate surface area is 183 Å². The van der Waals surface area contributed by atoms with Crippen LogP contribution in [0.15, 0.2) is 30.3 Å². The minimum absolute atomic E-state index is 0.0238. The van der Waals surface area contributed by atoms with Crippen molar-refractivity contribution in [2.45, 2.75) is 26.0 Å². The largest absolute Gasteiger partial charge is 0.391 e. The molecule has 1 amide bonds. The highest BCUT2D eigenvalue weighted by molar-refractivity contribution is 7.11. The van der Waals surface area contributed by atoms with Gasteiger partial charge in [0.1, 0.15) is 16.5 Å². The Morgan fingerprint density at radius 1 is 1.37 bits per heavy atom. The Balaban J connectivity index is 1.79. The van der Waals surface area contributed by atoms with Gasteiger partial charge in [-0.3, -0.25) is 4.79 Å². The van der Waals surface area contributed by atoms with Crippen LogP contribution in [0.25, 0.3) is 11.3 Å². The number of nitrogens with one attached hydrogen (secondary N) is 2. The Bertz CT molecular complexity index is 1030. The molecule has 3 rings (SSSR count). The highest BCUT2D eigenvalue weighted by Crippen LogP contribution is 2.27. The van der Waals surface area contributed by atoms with Crippen LogP contribution in [0.2, 0.25) is 5.02 Å². The van der Waals surface area contributed by atoms with Crippen molar-refractivity contribution in [2.24, 2.45) is 0 Å². The molecule has 3 N–H and O–H groups in total. The molecule has 160 valence electrons. The highest BCUT2D eigenvalue weighted by Gasteiger charge is 2.21. The first-order valence-electron chi connectivity index (χ1n) is 9.45. The van der Waals surface area contributed by atoms with Crippen LogP contribution in [0.3, 0.4) is 0 Å². The monoisotopic (exact) mass is 450 g/mol. The smallest absolute Gasteiger partial charge is 0.268 e. The first-order valence-corrected chi connectivity index (χ1v) is 10.6. The molecule has 6 nitrogen and oxygen atoms in total. The summed E-state index contributed by atoms with van der Waals surface area (Å²) in [4.78, 5) is 23.3. The molecule has 2 heterocycles. The molecule has 1 unspecified atom stereocenters. The van der Waals surface area contributed by atoms with E-state index in [0.29, 0.717) is 23.4 Å². The SMILES string of the molecule is Cc1nc(C(CCN(C)C)NC(=O)c2ccc(-c3ccc(F)c(Cl)c3)[nH]2)sc1CO. The van der Waals surface area contributed by atoms with E-state index in [2.05, 4.69) is 15.3 Å². The lowest BCUT2D eigenvalue weighted by Crippen LogP contribution is -2.31. The van der Waals surface area contributed by atoms with E-state index in [1.807, 2.05) is 25.9 Å². The Morgan fingerprint density at radius 3 is 2.77 bits per heavy atom. The second-order valence-corrected chi connectivity index (χ2v) is 8.77. The standard InChI is InChI=1S/C21H24ClFN4O2S/c1-12-19(11-28)30-21(24-12)18(8-9-27(2)3)26-20(29)17-7-6-16(25-17)13-4-5-15(23)14(22)10-13/h4-7,10,18,25,28H,8-9,11H2,1-3H3,(H,26,29). The number of aromatic nitrogens is 2. The third-order valence-corrected chi connectivity index (χ3v) is 6.23. The number of carbonyl (C=O) groups excluding carboxylic acids is 1. The number of rotatable bonds is 8. The third kappa shape index (κ3) is 5.26. The lowest BCUT2D eigenvalue weighted by atomic mass is 10.1. The fraction of sp³-hybridized carbons (Fsp3) is 0.333. The highest BCUT2D eigenvalue weighted by atomic mass is 35.5. The number of aryl methyl sites for hydroxylation is 1. The molecule has 0 fully saturated rings. The van der Waals surface area contributed by atoms with Gasteiger partial charge in [-0.25, -0.2) is 9.37 Å². The molecule has 1 atom stereocenters. The van der Waals surface area contributed by atoms with Crippen LogP contribution in [-0.4, -0.2) is 46.5 Å². The van der Waals surface area contributed by atoms with Gasteiger partial charge in [0.15, 0.2) is 0 Å². The molecule has 0 radical (unpaired) electrons. The number of thiazole rings is 1. The maximum Gasteiger partial charge on any atom is 0.268 e. The third-order valence-electron chi connectivity index (χ3n) is 4.68. The van der Waals surface area contributed by atoms with Gasteiger partial charge in [0.05, 0.1) is 28.2 Å². The number of amides is 1. The Kier molecular flexibility index (Phi) is 7.25. The number of carbonyl (C=O) groups is 1. The molecule has 2 aromatic heterocycles. The summed E-state index contributed by atoms with van der Waals surface area (Å²) in [6.07, 6.45) is 0.678. The first-order chi connectivity index (χ1) is 14.3. The first kappa shape index (κ1) is 22.4. The van der Waals surface area contributed by atoms with Gasteiger partial charge in [0, 0.05) is 5.69 Å². The number of aromatic amines is 1. The average Bonchev–Trinajstić information content (AvgIpc) is 3.34. The van der Waals surface area contributed by atoms with Crippen molar-refractivity contribution >= 4 is 28.8 Å². The quantitative estimate of drug-likeness (QED) is 0.481. The van der Waals surface area contributed by atoms with E-state index >= 15 is 0 Å². The zero-order valence-corrected chi connectivity index (χ0v) is 18.6. The molecule has 1 aromatic carbocycles. The molecule has 0 bridgehead atoms. The van der Waals surface area contributed by atoms with E-state index in [1.54, 1.807) is 18.2 Å². The lowest BCUT2D eigenvalue weighted by Gasteiger charge is -2.18. The topological polar surface area (TPSA) is 81.2 Å². The Morgan fingerprint density at radius 2 is 2.13 bits per heavy atom. The van der Waals surface area contributed by atoms with Crippen molar-refractivity contribution in [1.82, 2.24) is 20.2 Å². The molecule has 0 aliphatic carbocycles. The van der Waals surface area contributed by atoms with E-state index in [0.717, 1.165) is 22.1 Å². The summed E-state index contributed by atoms with van der Waals surface area (Å²) in [6, 6.07) is 7.56. The number of nitrogens with zero attached hydrogens (tertiary/aromatic N) is 2. The van der Waals surface area contributed by atoms with Crippen LogP contribution in [0.4, 0.5) is 4.39 Å². The zero-order valence-electron chi connectivity index (χ0n) is 17.0. The maximum atomic E-state index is 13.4. The number of aliphatic hydroxyl groups excluding tert-OH is 1. The second-order valence-electron chi connectivity index (χ2n) is 7.25. The van der Waals surface area contributed by atoms with Crippen molar-refractivity contribution in [3.05, 3.63) is 62.4 Å². The molecule has 0 aliphatic heterocycles. The summed E-state index contributed by atoms with van der Waals surface area (Å²) in [7, 11) is 3.94. The van der Waals surface area contributed by atoms with Gasteiger partial charge in [0.2, 0.25) is 0 Å². The van der Waals surface area contributed by atoms with Crippen LogP contribution >= 0.6 is 22.9 Å². The molecule has 30 heavy (non-hydrogen) atoms. The van der Waals surface area contributed by atoms with Gasteiger partial charge in [-0.1, -0.05) is 11.6 Å². The van der Waals surface area contributed by atoms with E-state index in [1.165, 1.54) is 23.5 Å². The number of H-pyrrole nitrogens is 1. The molecular formula is C21H24ClFN4O2S. The predicted molar refractivity (Wildman–Crippen MR) is 117 cm³/mol. The van der Waals surface area contributed by atoms with Gasteiger partial charge in [-0.2, -0.15) is 0 Å². The van der Waals surface area contributed by atoms with Crippen molar-refractivity contribution in [3.8, 4) is 11.3 Å². The zero-order chi connectivity index (χ0) is 21.8. The van der Waals surface area contributed by atoms with Crippen molar-refractivity contribution in [2.75, 3.05) is 20.6 Å². The van der Waals surface area contributed by atoms with Gasteiger partial charge in [0.25, 0.3) is 5.91 Å². The van der Waals surface area contributed by atoms with E-state index in [4.69, 9.17) is 11.6 Å². The fourth-order valence-corrected chi connectivity index (χ4v) is 4.18. The van der Waals surface area contributed by atoms with Gasteiger partial charge in [-0.15, -0.1) is 11.3 Å². The summed E-state index contributed by atoms with van der Waals surface area (Å²) in [5.41, 5.74) is 2.51. The molecule has 0 saturated heterocycles. The Hall–Kier alpha value is -2.26. The van der Waals surface area contributed by atoms with Crippen LogP contribution in [-0.2, 0) is 6.61 Å². The van der Waals surface area contributed by atoms with Gasteiger partial charge < -0.3 is 20.3 Å². The molecule has 0 spiro atoms. The summed E-state index contributed by atoms with van der Waals surface area (Å²) in [5.74, 6) is -0.758. The van der Waals surface area contributed by atoms with Gasteiger partial charge >= 0.3 is 0 Å². The van der Waals surface area contributed by atoms with E-state index < -0.39 is 5.82 Å². The molecule has 9 heteroatoms. The summed E-state index contributed by atoms with van der Waals surface area (Å²) in [6.45, 7) is 2.54. The second kappa shape index (κ2) is 9.70. The molecule has 0 saturated carbocycles. The number of hydrogen-bond acceptors (Lipinski definition) is 5. The number of aliphatic hydroxyl groups is 1. The van der Waals surface area contributed by atoms with Crippen molar-refractivity contribution in [1.29, 1.82) is 0 Å². The molecular weight excluding hydrogens is 427 g/mol. The number of hydrogen-bond donors (Lipinski definition) is 3. The van der Waals surface area contributed by atoms with Gasteiger partial charge in [-0.05, 0) is 69.9 Å². The number of benzene rings is 1. The van der Waals surface area contributed by atoms with E-state index in [9.17, 15) is 14.3 Å². The summed E-state index contributed by atoms with van der Waals surface area (Å²) in [5, 5.41) is 13.3. The summed E-state index contributed by atoms with van der Waals surface area (Å²) < 4.78 is 13.4. The fourth-order valence-electron chi connectivity index (χ4n) is 2.99. The lowest BCUT2D eigenvalue weighted by molar-refractivity contribution is 0.0928. The summed E-state index contributed by atoms with van der Waals surface area (Å²) >= 11 is 7.27. The van der Waals surface area contributed by atoms with Crippen molar-refractivity contribution in [3.63, 3.8) is 0 Å². The van der Waals surface area contributed by atoms with Crippen LogP contribution in [0.5, 0.6) is 0 Å². The van der Waals surface area contributed by atoms with Crippen LogP contribution in [0, 0.1) is 12.7 Å². The van der Waals surface area contributed by atoms with Crippen molar-refractivity contribution < 1.29 is 14.3 Å². The minimum Gasteiger partial charge on any atom is -0.391 e. The van der Waals surface area contributed by atoms with E-state index in [-0.39, 0.29) is 23.6 Å². The predicted octanol–water partition coefficient (Wildman–Crippen LogP) is 4.15. The average molecular weight is 451 g/mol. The normalized spacial score (nSPS) is 12.4. The van der Waals surface area contributed by atoms with Crippen LogP contribution < -0.4 is 5.32 Å².